The molecule has 0 aliphatic heterocycles. The Morgan fingerprint density at radius 1 is 1.21 bits per heavy atom. The van der Waals surface area contributed by atoms with Crippen LogP contribution in [0.2, 0.25) is 0 Å². The molecular weight excluding hydrogens is 223 g/mol. The van der Waals surface area contributed by atoms with E-state index in [-0.39, 0.29) is 25.5 Å². The van der Waals surface area contributed by atoms with Gasteiger partial charge in [-0.1, -0.05) is 0 Å². The third-order valence-corrected chi connectivity index (χ3v) is 1.17. The summed E-state index contributed by atoms with van der Waals surface area (Å²) in [6.07, 6.45) is -4.80. The maximum absolute atomic E-state index is 11.6. The van der Waals surface area contributed by atoms with Gasteiger partial charge in [-0.05, 0) is 0 Å². The van der Waals surface area contributed by atoms with E-state index in [2.05, 4.69) is 5.32 Å². The Balaban J connectivity index is 0. The molecule has 0 fully saturated rings. The Bertz CT molecular complexity index is 165. The van der Waals surface area contributed by atoms with Crippen molar-refractivity contribution in [2.24, 2.45) is 5.73 Å². The monoisotopic (exact) mass is 235 g/mol. The van der Waals surface area contributed by atoms with Crippen molar-refractivity contribution in [1.82, 2.24) is 10.6 Å². The van der Waals surface area contributed by atoms with Gasteiger partial charge in [0.15, 0.2) is 0 Å². The van der Waals surface area contributed by atoms with E-state index in [1.807, 2.05) is 0 Å². The summed E-state index contributed by atoms with van der Waals surface area (Å²) in [5.74, 6) is -1.91. The molecule has 0 rings (SSSR count). The number of amides is 1. The molecule has 4 N–H and O–H groups in total. The standard InChI is InChI=1S/C6H12F3N3O.ClH/c7-6(8,9)5(13)12-4-3-11-2-1-10;/h11H,1-4,10H2,(H,12,13);1H. The smallest absolute Gasteiger partial charge is 0.347 e. The molecular formula is C6H13ClF3N3O. The minimum Gasteiger partial charge on any atom is -0.347 e. The number of halogens is 4. The van der Waals surface area contributed by atoms with Gasteiger partial charge in [0.1, 0.15) is 0 Å². The second-order valence-electron chi connectivity index (χ2n) is 2.29. The highest BCUT2D eigenvalue weighted by molar-refractivity contribution is 5.85. The maximum atomic E-state index is 11.6. The van der Waals surface area contributed by atoms with Crippen LogP contribution in [0.5, 0.6) is 0 Å². The second kappa shape index (κ2) is 7.84. The van der Waals surface area contributed by atoms with E-state index < -0.39 is 12.1 Å². The first-order valence-electron chi connectivity index (χ1n) is 3.74. The minimum atomic E-state index is -4.80. The first-order valence-corrected chi connectivity index (χ1v) is 3.74. The third-order valence-electron chi connectivity index (χ3n) is 1.17. The van der Waals surface area contributed by atoms with Crippen LogP contribution in [0.4, 0.5) is 13.2 Å². The molecule has 0 aliphatic carbocycles. The van der Waals surface area contributed by atoms with Gasteiger partial charge in [0.2, 0.25) is 0 Å². The Hall–Kier alpha value is -0.530. The molecule has 0 bridgehead atoms. The number of carbonyl (C=O) groups is 1. The van der Waals surface area contributed by atoms with Gasteiger partial charge in [0.25, 0.3) is 0 Å². The van der Waals surface area contributed by atoms with Crippen molar-refractivity contribution in [3.05, 3.63) is 0 Å². The molecule has 0 aromatic rings. The number of nitrogens with two attached hydrogens (primary N) is 1. The minimum absolute atomic E-state index is 0. The van der Waals surface area contributed by atoms with Crippen LogP contribution in [0.1, 0.15) is 0 Å². The van der Waals surface area contributed by atoms with Gasteiger partial charge in [-0.2, -0.15) is 13.2 Å². The second-order valence-corrected chi connectivity index (χ2v) is 2.29. The Morgan fingerprint density at radius 3 is 2.21 bits per heavy atom. The zero-order valence-electron chi connectivity index (χ0n) is 7.36. The van der Waals surface area contributed by atoms with Crippen LogP contribution in [0.25, 0.3) is 0 Å². The number of carbonyl (C=O) groups excluding carboxylic acids is 1. The van der Waals surface area contributed by atoms with Gasteiger partial charge in [-0.25, -0.2) is 0 Å². The highest BCUT2D eigenvalue weighted by Crippen LogP contribution is 2.13. The quantitative estimate of drug-likeness (QED) is 0.570. The molecule has 0 aliphatic rings. The Labute approximate surface area is 85.8 Å². The molecule has 86 valence electrons. The van der Waals surface area contributed by atoms with Crippen LogP contribution in [0.3, 0.4) is 0 Å². The van der Waals surface area contributed by atoms with Crippen LogP contribution in [-0.2, 0) is 4.79 Å². The number of alkyl halides is 3. The highest BCUT2D eigenvalue weighted by Gasteiger charge is 2.38. The topological polar surface area (TPSA) is 67.2 Å². The van der Waals surface area contributed by atoms with Crippen LogP contribution < -0.4 is 16.4 Å². The first-order chi connectivity index (χ1) is 5.98. The summed E-state index contributed by atoms with van der Waals surface area (Å²) < 4.78 is 34.7. The summed E-state index contributed by atoms with van der Waals surface area (Å²) in [6.45, 7) is 1.15. The summed E-state index contributed by atoms with van der Waals surface area (Å²) in [5, 5.41) is 4.45. The van der Waals surface area contributed by atoms with E-state index in [1.165, 1.54) is 0 Å². The van der Waals surface area contributed by atoms with E-state index in [0.29, 0.717) is 13.1 Å². The third kappa shape index (κ3) is 8.09. The summed E-state index contributed by atoms with van der Waals surface area (Å²) in [4.78, 5) is 10.2. The van der Waals surface area contributed by atoms with Crippen molar-refractivity contribution in [1.29, 1.82) is 0 Å². The van der Waals surface area contributed by atoms with E-state index >= 15 is 0 Å². The summed E-state index contributed by atoms with van der Waals surface area (Å²) in [5.41, 5.74) is 5.11. The molecule has 8 heteroatoms. The van der Waals surface area contributed by atoms with Crippen molar-refractivity contribution in [3.8, 4) is 0 Å². The van der Waals surface area contributed by atoms with Crippen molar-refractivity contribution in [2.45, 2.75) is 6.18 Å². The largest absolute Gasteiger partial charge is 0.471 e. The lowest BCUT2D eigenvalue weighted by Crippen LogP contribution is -2.40. The fourth-order valence-corrected chi connectivity index (χ4v) is 0.592. The van der Waals surface area contributed by atoms with Crippen LogP contribution in [0, 0.1) is 0 Å². The van der Waals surface area contributed by atoms with Gasteiger partial charge in [-0.3, -0.25) is 4.79 Å². The summed E-state index contributed by atoms with van der Waals surface area (Å²) in [6, 6.07) is 0. The highest BCUT2D eigenvalue weighted by atomic mass is 35.5. The Kier molecular flexibility index (Phi) is 8.91. The first kappa shape index (κ1) is 15.9. The predicted molar refractivity (Wildman–Crippen MR) is 48.2 cm³/mol. The zero-order chi connectivity index (χ0) is 10.3. The number of nitrogens with one attached hydrogen (secondary N) is 2. The molecule has 0 heterocycles. The molecule has 0 aromatic carbocycles. The van der Waals surface area contributed by atoms with Crippen LogP contribution in [0.15, 0.2) is 0 Å². The lowest BCUT2D eigenvalue weighted by Gasteiger charge is -2.07. The number of hydrogen-bond acceptors (Lipinski definition) is 3. The molecule has 0 atom stereocenters. The predicted octanol–water partition coefficient (Wildman–Crippen LogP) is -0.365. The van der Waals surface area contributed by atoms with E-state index in [9.17, 15) is 18.0 Å². The van der Waals surface area contributed by atoms with Crippen LogP contribution >= 0.6 is 12.4 Å². The lowest BCUT2D eigenvalue weighted by molar-refractivity contribution is -0.173. The van der Waals surface area contributed by atoms with Gasteiger partial charge in [-0.15, -0.1) is 12.4 Å². The molecule has 0 spiro atoms. The molecule has 0 radical (unpaired) electrons. The van der Waals surface area contributed by atoms with E-state index in [1.54, 1.807) is 5.32 Å². The fraction of sp³-hybridized carbons (Fsp3) is 0.833. The molecule has 4 nitrogen and oxygen atoms in total. The molecule has 0 saturated heterocycles. The van der Waals surface area contributed by atoms with Gasteiger partial charge < -0.3 is 16.4 Å². The number of rotatable bonds is 5. The fourth-order valence-electron chi connectivity index (χ4n) is 0.592. The van der Waals surface area contributed by atoms with Crippen LogP contribution in [-0.4, -0.2) is 38.3 Å². The normalized spacial score (nSPS) is 10.6. The van der Waals surface area contributed by atoms with Gasteiger partial charge >= 0.3 is 12.1 Å². The average molecular weight is 236 g/mol. The molecule has 1 amide bonds. The van der Waals surface area contributed by atoms with Crippen molar-refractivity contribution in [2.75, 3.05) is 26.2 Å². The molecule has 0 unspecified atom stereocenters. The van der Waals surface area contributed by atoms with E-state index in [4.69, 9.17) is 5.73 Å². The molecule has 0 saturated carbocycles. The Morgan fingerprint density at radius 2 is 1.79 bits per heavy atom. The average Bonchev–Trinajstić information content (AvgIpc) is 2.02. The van der Waals surface area contributed by atoms with Crippen molar-refractivity contribution >= 4 is 18.3 Å². The van der Waals surface area contributed by atoms with Crippen molar-refractivity contribution in [3.63, 3.8) is 0 Å². The van der Waals surface area contributed by atoms with Gasteiger partial charge in [0, 0.05) is 26.2 Å². The lowest BCUT2D eigenvalue weighted by atomic mass is 10.5. The number of hydrogen-bond donors (Lipinski definition) is 3. The van der Waals surface area contributed by atoms with Gasteiger partial charge in [0.05, 0.1) is 0 Å². The maximum Gasteiger partial charge on any atom is 0.471 e. The van der Waals surface area contributed by atoms with Crippen molar-refractivity contribution < 1.29 is 18.0 Å². The SMILES string of the molecule is Cl.NCCNCCNC(=O)C(F)(F)F. The molecule has 14 heavy (non-hydrogen) atoms. The molecule has 0 aromatic heterocycles. The summed E-state index contributed by atoms with van der Waals surface area (Å²) >= 11 is 0. The summed E-state index contributed by atoms with van der Waals surface area (Å²) in [7, 11) is 0. The zero-order valence-corrected chi connectivity index (χ0v) is 8.17. The van der Waals surface area contributed by atoms with E-state index in [0.717, 1.165) is 0 Å².